The summed E-state index contributed by atoms with van der Waals surface area (Å²) < 4.78 is 38.5. The Bertz CT molecular complexity index is 1020. The number of aromatic nitrogens is 1. The summed E-state index contributed by atoms with van der Waals surface area (Å²) in [6.07, 6.45) is -3.36. The van der Waals surface area contributed by atoms with Crippen molar-refractivity contribution in [1.82, 2.24) is 4.98 Å². The van der Waals surface area contributed by atoms with Gasteiger partial charge in [-0.15, -0.1) is 0 Å². The second-order valence-electron chi connectivity index (χ2n) is 5.62. The predicted octanol–water partition coefficient (Wildman–Crippen LogP) is 4.89. The molecule has 0 aliphatic heterocycles. The van der Waals surface area contributed by atoms with Crippen LogP contribution in [0.3, 0.4) is 0 Å². The van der Waals surface area contributed by atoms with Crippen molar-refractivity contribution in [2.24, 2.45) is 0 Å². The Kier molecular flexibility index (Phi) is 4.90. The van der Waals surface area contributed by atoms with E-state index in [1.54, 1.807) is 24.3 Å². The summed E-state index contributed by atoms with van der Waals surface area (Å²) in [6.45, 7) is 0. The van der Waals surface area contributed by atoms with Gasteiger partial charge in [-0.25, -0.2) is 0 Å². The van der Waals surface area contributed by atoms with E-state index in [0.29, 0.717) is 22.4 Å². The Balaban J connectivity index is 1.81. The summed E-state index contributed by atoms with van der Waals surface area (Å²) in [5.41, 5.74) is 0.840. The van der Waals surface area contributed by atoms with Crippen LogP contribution in [0.2, 0.25) is 0 Å². The SMILES string of the molecule is N#Cc1ccccc1NC(=O)c1ccc(-c2cc(C(F)(F)F)ccn2)cc1. The third kappa shape index (κ3) is 4.12. The lowest BCUT2D eigenvalue weighted by Gasteiger charge is -2.09. The van der Waals surface area contributed by atoms with Crippen LogP contribution in [0, 0.1) is 11.3 Å². The molecule has 0 atom stereocenters. The molecule has 3 rings (SSSR count). The topological polar surface area (TPSA) is 65.8 Å². The molecule has 1 heterocycles. The van der Waals surface area contributed by atoms with Crippen LogP contribution in [-0.4, -0.2) is 10.9 Å². The highest BCUT2D eigenvalue weighted by atomic mass is 19.4. The first-order valence-corrected chi connectivity index (χ1v) is 7.82. The van der Waals surface area contributed by atoms with Crippen LogP contribution in [0.1, 0.15) is 21.5 Å². The maximum atomic E-state index is 12.8. The van der Waals surface area contributed by atoms with Gasteiger partial charge >= 0.3 is 6.18 Å². The minimum atomic E-state index is -4.45. The summed E-state index contributed by atoms with van der Waals surface area (Å²) in [5, 5.41) is 11.7. The van der Waals surface area contributed by atoms with Crippen molar-refractivity contribution in [2.45, 2.75) is 6.18 Å². The van der Waals surface area contributed by atoms with Crippen molar-refractivity contribution in [3.8, 4) is 17.3 Å². The number of halogens is 3. The summed E-state index contributed by atoms with van der Waals surface area (Å²) in [6, 6.07) is 16.4. The van der Waals surface area contributed by atoms with Gasteiger partial charge in [0.05, 0.1) is 22.5 Å². The third-order valence-electron chi connectivity index (χ3n) is 3.83. The van der Waals surface area contributed by atoms with Crippen LogP contribution in [0.25, 0.3) is 11.3 Å². The molecule has 0 radical (unpaired) electrons. The minimum Gasteiger partial charge on any atom is -0.321 e. The molecule has 7 heteroatoms. The summed E-state index contributed by atoms with van der Waals surface area (Å²) in [4.78, 5) is 16.3. The van der Waals surface area contributed by atoms with Gasteiger partial charge in [0, 0.05) is 17.3 Å². The van der Waals surface area contributed by atoms with Crippen molar-refractivity contribution < 1.29 is 18.0 Å². The van der Waals surface area contributed by atoms with Crippen molar-refractivity contribution >= 4 is 11.6 Å². The number of nitrogens with one attached hydrogen (secondary N) is 1. The first kappa shape index (κ1) is 18.1. The fourth-order valence-electron chi connectivity index (χ4n) is 2.44. The van der Waals surface area contributed by atoms with Crippen molar-refractivity contribution in [3.05, 3.63) is 83.6 Å². The molecule has 0 aliphatic carbocycles. The molecule has 3 aromatic rings. The molecule has 2 aromatic carbocycles. The maximum Gasteiger partial charge on any atom is 0.416 e. The summed E-state index contributed by atoms with van der Waals surface area (Å²) in [5.74, 6) is -0.429. The zero-order valence-electron chi connectivity index (χ0n) is 13.8. The molecule has 134 valence electrons. The number of para-hydroxylation sites is 1. The number of anilines is 1. The van der Waals surface area contributed by atoms with E-state index in [1.165, 1.54) is 24.3 Å². The standard InChI is InChI=1S/C20H12F3N3O/c21-20(22,23)16-9-10-25-18(11-16)13-5-7-14(8-6-13)19(27)26-17-4-2-1-3-15(17)12-24/h1-11H,(H,26,27). The van der Waals surface area contributed by atoms with Gasteiger partial charge in [-0.1, -0.05) is 24.3 Å². The number of nitrogens with zero attached hydrogens (tertiary/aromatic N) is 2. The summed E-state index contributed by atoms with van der Waals surface area (Å²) >= 11 is 0. The first-order valence-electron chi connectivity index (χ1n) is 7.82. The highest BCUT2D eigenvalue weighted by Crippen LogP contribution is 2.31. The Hall–Kier alpha value is -3.66. The van der Waals surface area contributed by atoms with Gasteiger partial charge in [0.1, 0.15) is 6.07 Å². The molecule has 0 aliphatic rings. The molecule has 27 heavy (non-hydrogen) atoms. The monoisotopic (exact) mass is 367 g/mol. The Morgan fingerprint density at radius 1 is 1.04 bits per heavy atom. The number of amides is 1. The fourth-order valence-corrected chi connectivity index (χ4v) is 2.44. The lowest BCUT2D eigenvalue weighted by atomic mass is 10.1. The van der Waals surface area contributed by atoms with Crippen molar-refractivity contribution in [3.63, 3.8) is 0 Å². The molecule has 0 saturated heterocycles. The van der Waals surface area contributed by atoms with Gasteiger partial charge in [0.15, 0.2) is 0 Å². The summed E-state index contributed by atoms with van der Waals surface area (Å²) in [7, 11) is 0. The number of hydrogen-bond acceptors (Lipinski definition) is 3. The van der Waals surface area contributed by atoms with E-state index in [4.69, 9.17) is 5.26 Å². The normalized spacial score (nSPS) is 10.9. The van der Waals surface area contributed by atoms with E-state index in [1.807, 2.05) is 6.07 Å². The molecular formula is C20H12F3N3O. The van der Waals surface area contributed by atoms with Crippen LogP contribution < -0.4 is 5.32 Å². The zero-order chi connectivity index (χ0) is 19.4. The minimum absolute atomic E-state index is 0.159. The number of benzene rings is 2. The maximum absolute atomic E-state index is 12.8. The van der Waals surface area contributed by atoms with Crippen LogP contribution in [0.15, 0.2) is 66.9 Å². The molecule has 4 nitrogen and oxygen atoms in total. The fraction of sp³-hybridized carbons (Fsp3) is 0.0500. The number of hydrogen-bond donors (Lipinski definition) is 1. The Morgan fingerprint density at radius 2 is 1.74 bits per heavy atom. The lowest BCUT2D eigenvalue weighted by molar-refractivity contribution is -0.137. The lowest BCUT2D eigenvalue weighted by Crippen LogP contribution is -2.12. The average molecular weight is 367 g/mol. The number of carbonyl (C=O) groups excluding carboxylic acids is 1. The smallest absolute Gasteiger partial charge is 0.321 e. The number of pyridine rings is 1. The predicted molar refractivity (Wildman–Crippen MR) is 93.8 cm³/mol. The Morgan fingerprint density at radius 3 is 2.41 bits per heavy atom. The van der Waals surface area contributed by atoms with E-state index < -0.39 is 17.6 Å². The molecule has 0 saturated carbocycles. The molecule has 1 N–H and O–H groups in total. The van der Waals surface area contributed by atoms with Gasteiger partial charge in [0.2, 0.25) is 0 Å². The largest absolute Gasteiger partial charge is 0.416 e. The van der Waals surface area contributed by atoms with E-state index in [0.717, 1.165) is 18.3 Å². The number of nitriles is 1. The second-order valence-corrected chi connectivity index (χ2v) is 5.62. The van der Waals surface area contributed by atoms with Crippen molar-refractivity contribution in [2.75, 3.05) is 5.32 Å². The van der Waals surface area contributed by atoms with E-state index >= 15 is 0 Å². The molecular weight excluding hydrogens is 355 g/mol. The first-order chi connectivity index (χ1) is 12.9. The van der Waals surface area contributed by atoms with Crippen LogP contribution in [0.4, 0.5) is 18.9 Å². The second kappa shape index (κ2) is 7.30. The van der Waals surface area contributed by atoms with Crippen LogP contribution in [-0.2, 0) is 6.18 Å². The molecule has 0 unspecified atom stereocenters. The molecule has 1 aromatic heterocycles. The molecule has 0 bridgehead atoms. The van der Waals surface area contributed by atoms with E-state index in [-0.39, 0.29) is 5.69 Å². The molecule has 0 spiro atoms. The van der Waals surface area contributed by atoms with Gasteiger partial charge in [-0.05, 0) is 36.4 Å². The molecule has 1 amide bonds. The van der Waals surface area contributed by atoms with E-state index in [9.17, 15) is 18.0 Å². The quantitative estimate of drug-likeness (QED) is 0.717. The average Bonchev–Trinajstić information content (AvgIpc) is 2.68. The van der Waals surface area contributed by atoms with Gasteiger partial charge in [-0.3, -0.25) is 9.78 Å². The van der Waals surface area contributed by atoms with E-state index in [2.05, 4.69) is 10.3 Å². The third-order valence-corrected chi connectivity index (χ3v) is 3.83. The van der Waals surface area contributed by atoms with Crippen molar-refractivity contribution in [1.29, 1.82) is 5.26 Å². The highest BCUT2D eigenvalue weighted by Gasteiger charge is 2.30. The Labute approximate surface area is 152 Å². The van der Waals surface area contributed by atoms with Gasteiger partial charge in [-0.2, -0.15) is 18.4 Å². The molecule has 0 fully saturated rings. The van der Waals surface area contributed by atoms with Crippen LogP contribution in [0.5, 0.6) is 0 Å². The number of carbonyl (C=O) groups is 1. The van der Waals surface area contributed by atoms with Gasteiger partial charge < -0.3 is 5.32 Å². The number of rotatable bonds is 3. The zero-order valence-corrected chi connectivity index (χ0v) is 13.8. The van der Waals surface area contributed by atoms with Gasteiger partial charge in [0.25, 0.3) is 5.91 Å². The highest BCUT2D eigenvalue weighted by molar-refractivity contribution is 6.05. The van der Waals surface area contributed by atoms with Crippen LogP contribution >= 0.6 is 0 Å². The number of alkyl halides is 3.